The van der Waals surface area contributed by atoms with Gasteiger partial charge in [-0.15, -0.1) is 0 Å². The number of nitrogens with one attached hydrogen (secondary N) is 1. The highest BCUT2D eigenvalue weighted by molar-refractivity contribution is 5.94. The Bertz CT molecular complexity index is 385. The molecule has 0 aromatic carbocycles. The van der Waals surface area contributed by atoms with Crippen LogP contribution in [0.4, 0.5) is 0 Å². The minimum absolute atomic E-state index is 0.0567. The lowest BCUT2D eigenvalue weighted by atomic mass is 9.75. The molecule has 3 nitrogen and oxygen atoms in total. The summed E-state index contributed by atoms with van der Waals surface area (Å²) in [5, 5.41) is 3.02. The highest BCUT2D eigenvalue weighted by Gasteiger charge is 2.47. The molecule has 0 aromatic rings. The predicted molar refractivity (Wildman–Crippen MR) is 82.3 cm³/mol. The highest BCUT2D eigenvalue weighted by atomic mass is 16.2. The van der Waals surface area contributed by atoms with Gasteiger partial charge in [0.15, 0.2) is 5.78 Å². The normalized spacial score (nSPS) is 24.4. The van der Waals surface area contributed by atoms with Gasteiger partial charge in [-0.2, -0.15) is 0 Å². The molecule has 1 N–H and O–H groups in total. The van der Waals surface area contributed by atoms with Gasteiger partial charge in [0.05, 0.1) is 6.04 Å². The van der Waals surface area contributed by atoms with E-state index >= 15 is 0 Å². The smallest absolute Gasteiger partial charge is 0.224 e. The monoisotopic (exact) mass is 281 g/mol. The molecule has 0 heterocycles. The zero-order valence-corrected chi connectivity index (χ0v) is 14.3. The Balaban J connectivity index is 2.78. The van der Waals surface area contributed by atoms with Crippen molar-refractivity contribution in [1.29, 1.82) is 0 Å². The van der Waals surface area contributed by atoms with Crippen LogP contribution < -0.4 is 5.32 Å². The third-order valence-corrected chi connectivity index (χ3v) is 4.19. The summed E-state index contributed by atoms with van der Waals surface area (Å²) < 4.78 is 0. The number of carbonyl (C=O) groups is 2. The van der Waals surface area contributed by atoms with Crippen molar-refractivity contribution in [3.8, 4) is 0 Å². The van der Waals surface area contributed by atoms with E-state index in [-0.39, 0.29) is 23.0 Å². The predicted octanol–water partition coefficient (Wildman–Crippen LogP) is 3.42. The van der Waals surface area contributed by atoms with Gasteiger partial charge in [0.2, 0.25) is 5.91 Å². The molecule has 1 rings (SSSR count). The van der Waals surface area contributed by atoms with Gasteiger partial charge in [0, 0.05) is 11.3 Å². The second-order valence-electron chi connectivity index (χ2n) is 8.67. The van der Waals surface area contributed by atoms with Crippen LogP contribution in [0, 0.1) is 28.6 Å². The van der Waals surface area contributed by atoms with Crippen molar-refractivity contribution in [3.63, 3.8) is 0 Å². The van der Waals surface area contributed by atoms with Gasteiger partial charge >= 0.3 is 0 Å². The second kappa shape index (κ2) is 5.50. The molecule has 1 fully saturated rings. The first-order valence-electron chi connectivity index (χ1n) is 7.70. The first-order valence-corrected chi connectivity index (χ1v) is 7.70. The Kier molecular flexibility index (Phi) is 4.72. The molecule has 1 aliphatic carbocycles. The van der Waals surface area contributed by atoms with E-state index in [0.29, 0.717) is 11.8 Å². The van der Waals surface area contributed by atoms with Crippen molar-refractivity contribution in [3.05, 3.63) is 0 Å². The maximum atomic E-state index is 12.6. The summed E-state index contributed by atoms with van der Waals surface area (Å²) in [6.45, 7) is 16.1. The lowest BCUT2D eigenvalue weighted by molar-refractivity contribution is -0.135. The third kappa shape index (κ3) is 4.07. The Morgan fingerprint density at radius 1 is 1.05 bits per heavy atom. The molecule has 116 valence electrons. The van der Waals surface area contributed by atoms with Crippen LogP contribution in [0.3, 0.4) is 0 Å². The number of carbonyl (C=O) groups excluding carboxylic acids is 2. The second-order valence-corrected chi connectivity index (χ2v) is 8.67. The zero-order chi connectivity index (χ0) is 15.9. The number of ketones is 1. The van der Waals surface area contributed by atoms with Crippen LogP contribution in [0.2, 0.25) is 0 Å². The van der Waals surface area contributed by atoms with E-state index in [2.05, 4.69) is 19.2 Å². The number of hydrogen-bond acceptors (Lipinski definition) is 2. The number of Topliss-reactive ketones (excluding diaryl/α,β-unsaturated/α-hetero) is 1. The maximum absolute atomic E-state index is 12.6. The summed E-state index contributed by atoms with van der Waals surface area (Å²) in [6, 6.07) is -0.414. The van der Waals surface area contributed by atoms with E-state index in [0.717, 1.165) is 6.42 Å². The summed E-state index contributed by atoms with van der Waals surface area (Å²) in [6.07, 6.45) is 0.962. The molecule has 20 heavy (non-hydrogen) atoms. The average molecular weight is 281 g/mol. The van der Waals surface area contributed by atoms with E-state index in [9.17, 15) is 9.59 Å². The molecule has 1 amide bonds. The number of rotatable bonds is 4. The summed E-state index contributed by atoms with van der Waals surface area (Å²) in [7, 11) is 0. The fourth-order valence-corrected chi connectivity index (χ4v) is 2.61. The fourth-order valence-electron chi connectivity index (χ4n) is 2.61. The summed E-state index contributed by atoms with van der Waals surface area (Å²) in [5.74, 6) is 1.30. The van der Waals surface area contributed by atoms with Crippen molar-refractivity contribution < 1.29 is 9.59 Å². The Hall–Kier alpha value is -0.860. The molecule has 1 unspecified atom stereocenters. The van der Waals surface area contributed by atoms with Crippen molar-refractivity contribution in [2.75, 3.05) is 0 Å². The molecule has 0 bridgehead atoms. The van der Waals surface area contributed by atoms with Crippen molar-refractivity contribution >= 4 is 11.7 Å². The summed E-state index contributed by atoms with van der Waals surface area (Å²) in [5.41, 5.74) is -0.700. The standard InChI is InChI=1S/C17H31NO2/c1-10(2)11-9-12(11)15(20)18-13(16(3,4)5)14(19)17(6,7)8/h10-13H,9H2,1-8H3,(H,18,20)/t11?,12-,13-/m1/s1. The van der Waals surface area contributed by atoms with Crippen molar-refractivity contribution in [1.82, 2.24) is 5.32 Å². The van der Waals surface area contributed by atoms with Gasteiger partial charge in [-0.1, -0.05) is 55.4 Å². The third-order valence-electron chi connectivity index (χ3n) is 4.19. The van der Waals surface area contributed by atoms with E-state index < -0.39 is 11.5 Å². The van der Waals surface area contributed by atoms with Crippen LogP contribution in [0.1, 0.15) is 61.8 Å². The summed E-state index contributed by atoms with van der Waals surface area (Å²) >= 11 is 0. The minimum Gasteiger partial charge on any atom is -0.345 e. The SMILES string of the molecule is CC(C)C1C[C@H]1C(=O)N[C@H](C(=O)C(C)(C)C)C(C)(C)C. The van der Waals surface area contributed by atoms with E-state index in [4.69, 9.17) is 0 Å². The van der Waals surface area contributed by atoms with Gasteiger partial charge < -0.3 is 5.32 Å². The van der Waals surface area contributed by atoms with E-state index in [1.54, 1.807) is 0 Å². The molecule has 1 aliphatic rings. The topological polar surface area (TPSA) is 46.2 Å². The lowest BCUT2D eigenvalue weighted by Crippen LogP contribution is -2.53. The van der Waals surface area contributed by atoms with Crippen molar-refractivity contribution in [2.24, 2.45) is 28.6 Å². The average Bonchev–Trinajstić information content (AvgIpc) is 3.01. The van der Waals surface area contributed by atoms with Crippen LogP contribution in [0.25, 0.3) is 0 Å². The van der Waals surface area contributed by atoms with Gasteiger partial charge in [0.1, 0.15) is 0 Å². The minimum atomic E-state index is -0.438. The number of amides is 1. The van der Waals surface area contributed by atoms with Crippen LogP contribution >= 0.6 is 0 Å². The first kappa shape index (κ1) is 17.2. The van der Waals surface area contributed by atoms with Crippen LogP contribution in [-0.4, -0.2) is 17.7 Å². The Morgan fingerprint density at radius 2 is 1.55 bits per heavy atom. The molecule has 0 spiro atoms. The van der Waals surface area contributed by atoms with E-state index in [1.807, 2.05) is 41.5 Å². The van der Waals surface area contributed by atoms with Gasteiger partial charge in [0.25, 0.3) is 0 Å². The quantitative estimate of drug-likeness (QED) is 0.858. The van der Waals surface area contributed by atoms with Gasteiger partial charge in [-0.05, 0) is 23.7 Å². The fraction of sp³-hybridized carbons (Fsp3) is 0.882. The molecule has 0 aliphatic heterocycles. The first-order chi connectivity index (χ1) is 8.85. The van der Waals surface area contributed by atoms with E-state index in [1.165, 1.54) is 0 Å². The largest absolute Gasteiger partial charge is 0.345 e. The Morgan fingerprint density at radius 3 is 1.85 bits per heavy atom. The molecule has 0 aromatic heterocycles. The van der Waals surface area contributed by atoms with Crippen LogP contribution in [-0.2, 0) is 9.59 Å². The van der Waals surface area contributed by atoms with Gasteiger partial charge in [-0.25, -0.2) is 0 Å². The highest BCUT2D eigenvalue weighted by Crippen LogP contribution is 2.44. The maximum Gasteiger partial charge on any atom is 0.224 e. The van der Waals surface area contributed by atoms with Crippen LogP contribution in [0.5, 0.6) is 0 Å². The van der Waals surface area contributed by atoms with Gasteiger partial charge in [-0.3, -0.25) is 9.59 Å². The van der Waals surface area contributed by atoms with Crippen molar-refractivity contribution in [2.45, 2.75) is 67.9 Å². The molecular weight excluding hydrogens is 250 g/mol. The molecule has 3 atom stereocenters. The Labute approximate surface area is 123 Å². The molecule has 0 saturated heterocycles. The summed E-state index contributed by atoms with van der Waals surface area (Å²) in [4.78, 5) is 24.9. The lowest BCUT2D eigenvalue weighted by Gasteiger charge is -2.34. The zero-order valence-electron chi connectivity index (χ0n) is 14.3. The number of hydrogen-bond donors (Lipinski definition) is 1. The molecule has 1 saturated carbocycles. The molecule has 0 radical (unpaired) electrons. The van der Waals surface area contributed by atoms with Crippen LogP contribution in [0.15, 0.2) is 0 Å². The molecule has 3 heteroatoms. The molecular formula is C17H31NO2.